The first-order chi connectivity index (χ1) is 9.19. The van der Waals surface area contributed by atoms with Gasteiger partial charge in [0.05, 0.1) is 23.0 Å². The number of fused-ring (bicyclic) bond motifs is 1. The van der Waals surface area contributed by atoms with Gasteiger partial charge in [-0.2, -0.15) is 5.26 Å². The summed E-state index contributed by atoms with van der Waals surface area (Å²) in [5, 5.41) is 8.97. The van der Waals surface area contributed by atoms with Crippen molar-refractivity contribution < 1.29 is 4.79 Å². The van der Waals surface area contributed by atoms with Crippen LogP contribution in [0.25, 0.3) is 0 Å². The molecule has 1 amide bonds. The molecule has 5 nitrogen and oxygen atoms in total. The van der Waals surface area contributed by atoms with E-state index in [0.717, 1.165) is 31.7 Å². The number of anilines is 2. The molecule has 1 unspecified atom stereocenters. The highest BCUT2D eigenvalue weighted by Crippen LogP contribution is 2.30. The molecule has 2 heterocycles. The number of carbonyl (C=O) groups is 1. The van der Waals surface area contributed by atoms with Gasteiger partial charge in [0, 0.05) is 32.1 Å². The fourth-order valence-electron chi connectivity index (χ4n) is 2.97. The SMILES string of the molecule is N#Cc1ccc(N)c(N2CCN3C(=O)CCC3C2)c1. The zero-order valence-corrected chi connectivity index (χ0v) is 10.7. The molecule has 1 atom stereocenters. The van der Waals surface area contributed by atoms with Crippen molar-refractivity contribution in [2.45, 2.75) is 18.9 Å². The molecule has 0 spiro atoms. The number of nitrogen functional groups attached to an aromatic ring is 1. The van der Waals surface area contributed by atoms with E-state index in [1.54, 1.807) is 12.1 Å². The Hall–Kier alpha value is -2.22. The maximum Gasteiger partial charge on any atom is 0.223 e. The lowest BCUT2D eigenvalue weighted by Crippen LogP contribution is -2.51. The third-order valence-corrected chi connectivity index (χ3v) is 3.99. The van der Waals surface area contributed by atoms with E-state index in [-0.39, 0.29) is 5.91 Å². The Balaban J connectivity index is 1.84. The van der Waals surface area contributed by atoms with E-state index in [9.17, 15) is 4.79 Å². The number of hydrogen-bond donors (Lipinski definition) is 1. The highest BCUT2D eigenvalue weighted by Gasteiger charge is 2.35. The summed E-state index contributed by atoms with van der Waals surface area (Å²) >= 11 is 0. The van der Waals surface area contributed by atoms with Gasteiger partial charge in [-0.25, -0.2) is 0 Å². The summed E-state index contributed by atoms with van der Waals surface area (Å²) in [5.41, 5.74) is 8.23. The van der Waals surface area contributed by atoms with Crippen LogP contribution in [0.15, 0.2) is 18.2 Å². The first kappa shape index (κ1) is 11.8. The molecule has 2 aliphatic rings. The monoisotopic (exact) mass is 256 g/mol. The van der Waals surface area contributed by atoms with E-state index in [2.05, 4.69) is 11.0 Å². The third-order valence-electron chi connectivity index (χ3n) is 3.99. The summed E-state index contributed by atoms with van der Waals surface area (Å²) in [5.74, 6) is 0.267. The Morgan fingerprint density at radius 2 is 2.21 bits per heavy atom. The molecule has 0 aliphatic carbocycles. The van der Waals surface area contributed by atoms with Crippen molar-refractivity contribution in [1.82, 2.24) is 4.90 Å². The van der Waals surface area contributed by atoms with Gasteiger partial charge in [0.25, 0.3) is 0 Å². The largest absolute Gasteiger partial charge is 0.397 e. The quantitative estimate of drug-likeness (QED) is 0.759. The highest BCUT2D eigenvalue weighted by atomic mass is 16.2. The predicted octanol–water partition coefficient (Wildman–Crippen LogP) is 0.951. The first-order valence-corrected chi connectivity index (χ1v) is 6.53. The van der Waals surface area contributed by atoms with Gasteiger partial charge in [-0.05, 0) is 24.6 Å². The average molecular weight is 256 g/mol. The van der Waals surface area contributed by atoms with Gasteiger partial charge in [-0.3, -0.25) is 4.79 Å². The van der Waals surface area contributed by atoms with Gasteiger partial charge < -0.3 is 15.5 Å². The molecular formula is C14H16N4O. The van der Waals surface area contributed by atoms with Gasteiger partial charge in [0.15, 0.2) is 0 Å². The molecule has 2 fully saturated rings. The van der Waals surface area contributed by atoms with Gasteiger partial charge in [0.1, 0.15) is 0 Å². The number of rotatable bonds is 1. The summed E-state index contributed by atoms with van der Waals surface area (Å²) < 4.78 is 0. The second kappa shape index (κ2) is 4.47. The number of nitrogens with zero attached hydrogens (tertiary/aromatic N) is 3. The van der Waals surface area contributed by atoms with E-state index in [0.29, 0.717) is 23.7 Å². The fourth-order valence-corrected chi connectivity index (χ4v) is 2.97. The van der Waals surface area contributed by atoms with Crippen LogP contribution in [0.3, 0.4) is 0 Å². The predicted molar refractivity (Wildman–Crippen MR) is 72.5 cm³/mol. The molecule has 0 aromatic heterocycles. The van der Waals surface area contributed by atoms with Crippen LogP contribution in [-0.4, -0.2) is 36.5 Å². The van der Waals surface area contributed by atoms with Crippen LogP contribution < -0.4 is 10.6 Å². The molecule has 3 rings (SSSR count). The Bertz CT molecular complexity index is 563. The average Bonchev–Trinajstić information content (AvgIpc) is 2.80. The summed E-state index contributed by atoms with van der Waals surface area (Å²) in [7, 11) is 0. The molecule has 2 aliphatic heterocycles. The van der Waals surface area contributed by atoms with Crippen LogP contribution in [-0.2, 0) is 4.79 Å². The maximum atomic E-state index is 11.7. The standard InChI is InChI=1S/C14H16N4O/c15-8-10-1-3-12(16)13(7-10)17-5-6-18-11(9-17)2-4-14(18)19/h1,3,7,11H,2,4-6,9,16H2. The molecule has 19 heavy (non-hydrogen) atoms. The molecule has 5 heteroatoms. The molecule has 2 saturated heterocycles. The van der Waals surface area contributed by atoms with Gasteiger partial charge >= 0.3 is 0 Å². The number of nitriles is 1. The van der Waals surface area contributed by atoms with Crippen LogP contribution in [0.1, 0.15) is 18.4 Å². The topological polar surface area (TPSA) is 73.4 Å². The van der Waals surface area contributed by atoms with Crippen molar-refractivity contribution in [3.63, 3.8) is 0 Å². The molecular weight excluding hydrogens is 240 g/mol. The van der Waals surface area contributed by atoms with Crippen LogP contribution >= 0.6 is 0 Å². The fraction of sp³-hybridized carbons (Fsp3) is 0.429. The van der Waals surface area contributed by atoms with E-state index in [1.807, 2.05) is 11.0 Å². The van der Waals surface area contributed by atoms with Crippen molar-refractivity contribution in [2.24, 2.45) is 0 Å². The van der Waals surface area contributed by atoms with Gasteiger partial charge in [-0.1, -0.05) is 0 Å². The lowest BCUT2D eigenvalue weighted by atomic mass is 10.1. The van der Waals surface area contributed by atoms with Crippen molar-refractivity contribution in [1.29, 1.82) is 5.26 Å². The number of benzene rings is 1. The second-order valence-electron chi connectivity index (χ2n) is 5.11. The Labute approximate surface area is 112 Å². The lowest BCUT2D eigenvalue weighted by molar-refractivity contribution is -0.129. The van der Waals surface area contributed by atoms with Crippen molar-refractivity contribution >= 4 is 17.3 Å². The maximum absolute atomic E-state index is 11.7. The normalized spacial score (nSPS) is 22.3. The Morgan fingerprint density at radius 3 is 3.00 bits per heavy atom. The highest BCUT2D eigenvalue weighted by molar-refractivity contribution is 5.79. The van der Waals surface area contributed by atoms with Crippen molar-refractivity contribution in [3.05, 3.63) is 23.8 Å². The smallest absolute Gasteiger partial charge is 0.223 e. The summed E-state index contributed by atoms with van der Waals surface area (Å²) in [4.78, 5) is 15.8. The number of hydrogen-bond acceptors (Lipinski definition) is 4. The zero-order valence-electron chi connectivity index (χ0n) is 10.7. The zero-order chi connectivity index (χ0) is 13.4. The Morgan fingerprint density at radius 1 is 1.37 bits per heavy atom. The summed E-state index contributed by atoms with van der Waals surface area (Å²) in [6, 6.07) is 7.78. The molecule has 0 radical (unpaired) electrons. The molecule has 1 aromatic rings. The molecule has 1 aromatic carbocycles. The number of nitrogens with two attached hydrogens (primary N) is 1. The minimum Gasteiger partial charge on any atom is -0.397 e. The van der Waals surface area contributed by atoms with E-state index in [4.69, 9.17) is 11.0 Å². The summed E-state index contributed by atoms with van der Waals surface area (Å²) in [6.07, 6.45) is 1.58. The van der Waals surface area contributed by atoms with Crippen LogP contribution in [0.5, 0.6) is 0 Å². The molecule has 2 N–H and O–H groups in total. The molecule has 98 valence electrons. The van der Waals surface area contributed by atoms with E-state index < -0.39 is 0 Å². The van der Waals surface area contributed by atoms with Gasteiger partial charge in [-0.15, -0.1) is 0 Å². The molecule has 0 saturated carbocycles. The number of carbonyl (C=O) groups excluding carboxylic acids is 1. The first-order valence-electron chi connectivity index (χ1n) is 6.53. The van der Waals surface area contributed by atoms with Crippen molar-refractivity contribution in [2.75, 3.05) is 30.3 Å². The number of amides is 1. The van der Waals surface area contributed by atoms with E-state index >= 15 is 0 Å². The second-order valence-corrected chi connectivity index (χ2v) is 5.11. The van der Waals surface area contributed by atoms with Crippen LogP contribution in [0.2, 0.25) is 0 Å². The van der Waals surface area contributed by atoms with Crippen LogP contribution in [0.4, 0.5) is 11.4 Å². The van der Waals surface area contributed by atoms with E-state index in [1.165, 1.54) is 0 Å². The summed E-state index contributed by atoms with van der Waals surface area (Å²) in [6.45, 7) is 2.34. The van der Waals surface area contributed by atoms with Crippen molar-refractivity contribution in [3.8, 4) is 6.07 Å². The molecule has 0 bridgehead atoms. The van der Waals surface area contributed by atoms with Crippen LogP contribution in [0, 0.1) is 11.3 Å². The minimum absolute atomic E-state index is 0.267. The Kier molecular flexibility index (Phi) is 2.79. The number of piperazine rings is 1. The lowest BCUT2D eigenvalue weighted by Gasteiger charge is -2.39. The minimum atomic E-state index is 0.267. The van der Waals surface area contributed by atoms with Gasteiger partial charge in [0.2, 0.25) is 5.91 Å². The third kappa shape index (κ3) is 1.99.